The molecule has 2 aromatic heterocycles. The molecule has 13 heavy (non-hydrogen) atoms. The van der Waals surface area contributed by atoms with Crippen molar-refractivity contribution < 1.29 is 9.90 Å². The van der Waals surface area contributed by atoms with Gasteiger partial charge in [-0.15, -0.1) is 0 Å². The maximum atomic E-state index is 10.7. The molecule has 0 aromatic carbocycles. The van der Waals surface area contributed by atoms with Gasteiger partial charge in [0.1, 0.15) is 6.33 Å². The van der Waals surface area contributed by atoms with Gasteiger partial charge in [0.05, 0.1) is 11.7 Å². The zero-order chi connectivity index (χ0) is 9.26. The van der Waals surface area contributed by atoms with Gasteiger partial charge >= 0.3 is 5.97 Å². The molecule has 0 amide bonds. The summed E-state index contributed by atoms with van der Waals surface area (Å²) in [4.78, 5) is 22.1. The molecule has 0 unspecified atom stereocenters. The van der Waals surface area contributed by atoms with E-state index in [1.807, 2.05) is 0 Å². The van der Waals surface area contributed by atoms with Crippen LogP contribution in [0.25, 0.3) is 10.9 Å². The first-order valence-electron chi connectivity index (χ1n) is 3.57. The minimum absolute atomic E-state index is 0.00685. The number of nitrogens with zero attached hydrogens (tertiary/aromatic N) is 3. The first kappa shape index (κ1) is 7.60. The van der Waals surface area contributed by atoms with Crippen LogP contribution in [0.1, 0.15) is 10.5 Å². The molecule has 5 nitrogen and oxygen atoms in total. The van der Waals surface area contributed by atoms with Crippen molar-refractivity contribution in [2.75, 3.05) is 0 Å². The third-order valence-corrected chi connectivity index (χ3v) is 1.64. The standard InChI is InChI=1S/C8H5N3O2/c12-8(13)7-5-1-2-9-3-6(5)10-4-11-7/h1-4H,(H,12,13). The number of aromatic carboxylic acids is 1. The fourth-order valence-corrected chi connectivity index (χ4v) is 1.08. The van der Waals surface area contributed by atoms with Crippen molar-refractivity contribution in [2.24, 2.45) is 0 Å². The fraction of sp³-hybridized carbons (Fsp3) is 0. The highest BCUT2D eigenvalue weighted by Gasteiger charge is 2.09. The molecule has 0 fully saturated rings. The second-order valence-electron chi connectivity index (χ2n) is 2.42. The lowest BCUT2D eigenvalue weighted by molar-refractivity contribution is 0.0692. The molecule has 0 saturated heterocycles. The second kappa shape index (κ2) is 2.78. The molecule has 64 valence electrons. The average molecular weight is 175 g/mol. The Morgan fingerprint density at radius 2 is 2.23 bits per heavy atom. The number of rotatable bonds is 1. The molecule has 0 radical (unpaired) electrons. The lowest BCUT2D eigenvalue weighted by Gasteiger charge is -1.97. The van der Waals surface area contributed by atoms with Crippen molar-refractivity contribution in [1.82, 2.24) is 15.0 Å². The summed E-state index contributed by atoms with van der Waals surface area (Å²) < 4.78 is 0. The number of carboxylic acid groups (broad SMARTS) is 1. The summed E-state index contributed by atoms with van der Waals surface area (Å²) in [6, 6.07) is 1.58. The van der Waals surface area contributed by atoms with E-state index in [0.29, 0.717) is 10.9 Å². The van der Waals surface area contributed by atoms with Gasteiger partial charge in [0.15, 0.2) is 5.69 Å². The molecule has 0 spiro atoms. The first-order valence-corrected chi connectivity index (χ1v) is 3.57. The SMILES string of the molecule is O=C(O)c1ncnc2cnccc12. The van der Waals surface area contributed by atoms with E-state index in [-0.39, 0.29) is 5.69 Å². The summed E-state index contributed by atoms with van der Waals surface area (Å²) in [6.07, 6.45) is 4.23. The molecule has 0 atom stereocenters. The minimum Gasteiger partial charge on any atom is -0.476 e. The first-order chi connectivity index (χ1) is 6.29. The highest BCUT2D eigenvalue weighted by Crippen LogP contribution is 2.11. The minimum atomic E-state index is -1.06. The van der Waals surface area contributed by atoms with E-state index in [0.717, 1.165) is 0 Å². The largest absolute Gasteiger partial charge is 0.476 e. The molecule has 2 heterocycles. The van der Waals surface area contributed by atoms with Crippen molar-refractivity contribution >= 4 is 16.9 Å². The summed E-state index contributed by atoms with van der Waals surface area (Å²) in [5.74, 6) is -1.06. The molecule has 5 heteroatoms. The van der Waals surface area contributed by atoms with Crippen LogP contribution in [0.3, 0.4) is 0 Å². The van der Waals surface area contributed by atoms with Crippen LogP contribution in [0.5, 0.6) is 0 Å². The Bertz CT molecular complexity index is 464. The van der Waals surface area contributed by atoms with E-state index >= 15 is 0 Å². The number of hydrogen-bond acceptors (Lipinski definition) is 4. The molecule has 0 aliphatic carbocycles. The Kier molecular flexibility index (Phi) is 1.63. The van der Waals surface area contributed by atoms with Crippen LogP contribution in [0.15, 0.2) is 24.8 Å². The van der Waals surface area contributed by atoms with Crippen LogP contribution in [0.2, 0.25) is 0 Å². The Morgan fingerprint density at radius 3 is 3.00 bits per heavy atom. The van der Waals surface area contributed by atoms with Gasteiger partial charge in [-0.2, -0.15) is 0 Å². The Balaban J connectivity index is 2.83. The monoisotopic (exact) mass is 175 g/mol. The molecular formula is C8H5N3O2. The third-order valence-electron chi connectivity index (χ3n) is 1.64. The number of aromatic nitrogens is 3. The summed E-state index contributed by atoms with van der Waals surface area (Å²) in [5, 5.41) is 9.28. The number of carboxylic acids is 1. The van der Waals surface area contributed by atoms with Gasteiger partial charge in [-0.1, -0.05) is 0 Å². The van der Waals surface area contributed by atoms with Crippen molar-refractivity contribution in [2.45, 2.75) is 0 Å². The lowest BCUT2D eigenvalue weighted by Crippen LogP contribution is -2.01. The van der Waals surface area contributed by atoms with E-state index in [9.17, 15) is 4.79 Å². The molecule has 1 N–H and O–H groups in total. The van der Waals surface area contributed by atoms with Gasteiger partial charge in [-0.05, 0) is 6.07 Å². The highest BCUT2D eigenvalue weighted by atomic mass is 16.4. The van der Waals surface area contributed by atoms with E-state index in [1.165, 1.54) is 18.7 Å². The summed E-state index contributed by atoms with van der Waals surface area (Å²) in [7, 11) is 0. The number of fused-ring (bicyclic) bond motifs is 1. The maximum Gasteiger partial charge on any atom is 0.355 e. The predicted molar refractivity (Wildman–Crippen MR) is 44.3 cm³/mol. The van der Waals surface area contributed by atoms with Crippen LogP contribution in [-0.4, -0.2) is 26.0 Å². The number of pyridine rings is 1. The zero-order valence-corrected chi connectivity index (χ0v) is 6.51. The summed E-state index contributed by atoms with van der Waals surface area (Å²) >= 11 is 0. The Morgan fingerprint density at radius 1 is 1.38 bits per heavy atom. The number of hydrogen-bond donors (Lipinski definition) is 1. The van der Waals surface area contributed by atoms with E-state index in [1.54, 1.807) is 6.07 Å². The van der Waals surface area contributed by atoms with Gasteiger partial charge in [-0.25, -0.2) is 14.8 Å². The topological polar surface area (TPSA) is 76.0 Å². The molecule has 2 aromatic rings. The molecule has 0 bridgehead atoms. The van der Waals surface area contributed by atoms with Crippen molar-refractivity contribution in [3.05, 3.63) is 30.5 Å². The number of carbonyl (C=O) groups is 1. The van der Waals surface area contributed by atoms with Gasteiger partial charge in [0.2, 0.25) is 0 Å². The lowest BCUT2D eigenvalue weighted by atomic mass is 10.2. The predicted octanol–water partition coefficient (Wildman–Crippen LogP) is 0.723. The normalized spacial score (nSPS) is 10.2. The van der Waals surface area contributed by atoms with Gasteiger partial charge < -0.3 is 5.11 Å². The second-order valence-corrected chi connectivity index (χ2v) is 2.42. The van der Waals surface area contributed by atoms with Crippen LogP contribution in [0.4, 0.5) is 0 Å². The quantitative estimate of drug-likeness (QED) is 0.691. The molecular weight excluding hydrogens is 170 g/mol. The van der Waals surface area contributed by atoms with Crippen molar-refractivity contribution in [3.8, 4) is 0 Å². The van der Waals surface area contributed by atoms with Crippen LogP contribution < -0.4 is 0 Å². The smallest absolute Gasteiger partial charge is 0.355 e. The zero-order valence-electron chi connectivity index (χ0n) is 6.51. The summed E-state index contributed by atoms with van der Waals surface area (Å²) in [6.45, 7) is 0. The highest BCUT2D eigenvalue weighted by molar-refractivity contribution is 5.99. The van der Waals surface area contributed by atoms with E-state index in [4.69, 9.17) is 5.11 Å². The Hall–Kier alpha value is -2.04. The fourth-order valence-electron chi connectivity index (χ4n) is 1.08. The van der Waals surface area contributed by atoms with E-state index < -0.39 is 5.97 Å². The van der Waals surface area contributed by atoms with Crippen LogP contribution >= 0.6 is 0 Å². The van der Waals surface area contributed by atoms with Crippen LogP contribution in [0, 0.1) is 0 Å². The molecule has 0 aliphatic rings. The average Bonchev–Trinajstić information content (AvgIpc) is 2.17. The molecule has 0 saturated carbocycles. The van der Waals surface area contributed by atoms with Gasteiger partial charge in [-0.3, -0.25) is 4.98 Å². The van der Waals surface area contributed by atoms with Gasteiger partial charge in [0.25, 0.3) is 0 Å². The maximum absolute atomic E-state index is 10.7. The van der Waals surface area contributed by atoms with E-state index in [2.05, 4.69) is 15.0 Å². The van der Waals surface area contributed by atoms with Crippen LogP contribution in [-0.2, 0) is 0 Å². The molecule has 0 aliphatic heterocycles. The molecule has 2 rings (SSSR count). The third kappa shape index (κ3) is 1.20. The van der Waals surface area contributed by atoms with Crippen molar-refractivity contribution in [1.29, 1.82) is 0 Å². The van der Waals surface area contributed by atoms with Gasteiger partial charge in [0, 0.05) is 11.6 Å². The van der Waals surface area contributed by atoms with Crippen molar-refractivity contribution in [3.63, 3.8) is 0 Å². The summed E-state index contributed by atoms with van der Waals surface area (Å²) in [5.41, 5.74) is 0.544. The Labute approximate surface area is 73.1 Å².